The Hall–Kier alpha value is -1.85. The number of anilines is 2. The van der Waals surface area contributed by atoms with E-state index in [4.69, 9.17) is 28.6 Å². The molecule has 0 amide bonds. The van der Waals surface area contributed by atoms with Gasteiger partial charge in [-0.3, -0.25) is 0 Å². The van der Waals surface area contributed by atoms with Crippen molar-refractivity contribution in [1.29, 1.82) is 0 Å². The Balaban J connectivity index is 2.11. The standard InChI is InChI=1S/C15H14ClFN2OS/c1-9-7-11(4-5-12(9)17)18-15(21)19-13-8-10(16)3-6-14(13)20-2/h3-8H,1-2H3,(H2,18,19,21). The van der Waals surface area contributed by atoms with E-state index < -0.39 is 0 Å². The number of nitrogens with one attached hydrogen (secondary N) is 2. The second-order valence-corrected chi connectivity index (χ2v) is 5.23. The number of aryl methyl sites for hydroxylation is 1. The summed E-state index contributed by atoms with van der Waals surface area (Å²) in [6.07, 6.45) is 0. The molecule has 0 fully saturated rings. The van der Waals surface area contributed by atoms with Crippen LogP contribution >= 0.6 is 23.8 Å². The van der Waals surface area contributed by atoms with Crippen LogP contribution in [0.3, 0.4) is 0 Å². The molecule has 2 aromatic carbocycles. The summed E-state index contributed by atoms with van der Waals surface area (Å²) in [4.78, 5) is 0. The molecule has 110 valence electrons. The molecule has 0 radical (unpaired) electrons. The summed E-state index contributed by atoms with van der Waals surface area (Å²) < 4.78 is 18.4. The summed E-state index contributed by atoms with van der Waals surface area (Å²) in [6, 6.07) is 9.87. The summed E-state index contributed by atoms with van der Waals surface area (Å²) in [6.45, 7) is 1.69. The zero-order valence-corrected chi connectivity index (χ0v) is 13.1. The Labute approximate surface area is 133 Å². The molecule has 0 atom stereocenters. The number of hydrogen-bond acceptors (Lipinski definition) is 2. The lowest BCUT2D eigenvalue weighted by molar-refractivity contribution is 0.417. The van der Waals surface area contributed by atoms with E-state index >= 15 is 0 Å². The molecule has 0 saturated carbocycles. The van der Waals surface area contributed by atoms with Gasteiger partial charge in [-0.1, -0.05) is 11.6 Å². The topological polar surface area (TPSA) is 33.3 Å². The Morgan fingerprint density at radius 3 is 2.62 bits per heavy atom. The van der Waals surface area contributed by atoms with E-state index in [2.05, 4.69) is 10.6 Å². The lowest BCUT2D eigenvalue weighted by Crippen LogP contribution is -2.19. The van der Waals surface area contributed by atoms with Crippen LogP contribution in [-0.4, -0.2) is 12.2 Å². The van der Waals surface area contributed by atoms with Crippen LogP contribution in [0.2, 0.25) is 5.02 Å². The van der Waals surface area contributed by atoms with Crippen molar-refractivity contribution in [3.05, 3.63) is 52.8 Å². The van der Waals surface area contributed by atoms with Crippen LogP contribution in [0.5, 0.6) is 5.75 Å². The average Bonchev–Trinajstić information content (AvgIpc) is 2.43. The minimum Gasteiger partial charge on any atom is -0.495 e. The van der Waals surface area contributed by atoms with Crippen molar-refractivity contribution in [2.24, 2.45) is 0 Å². The van der Waals surface area contributed by atoms with Gasteiger partial charge in [0, 0.05) is 10.7 Å². The average molecular weight is 325 g/mol. The predicted molar refractivity (Wildman–Crippen MR) is 89.0 cm³/mol. The molecule has 0 unspecified atom stereocenters. The van der Waals surface area contributed by atoms with Gasteiger partial charge in [0.1, 0.15) is 11.6 Å². The van der Waals surface area contributed by atoms with E-state index in [0.29, 0.717) is 32.8 Å². The van der Waals surface area contributed by atoms with E-state index in [1.165, 1.54) is 6.07 Å². The number of ether oxygens (including phenoxy) is 1. The highest BCUT2D eigenvalue weighted by Crippen LogP contribution is 2.27. The molecule has 2 aromatic rings. The predicted octanol–water partition coefficient (Wildman–Crippen LogP) is 4.61. The molecular formula is C15H14ClFN2OS. The molecular weight excluding hydrogens is 311 g/mol. The molecule has 0 aromatic heterocycles. The number of rotatable bonds is 3. The van der Waals surface area contributed by atoms with Gasteiger partial charge in [0.15, 0.2) is 5.11 Å². The van der Waals surface area contributed by atoms with Gasteiger partial charge < -0.3 is 15.4 Å². The quantitative estimate of drug-likeness (QED) is 0.808. The Kier molecular flexibility index (Phi) is 4.98. The molecule has 0 saturated heterocycles. The molecule has 0 bridgehead atoms. The van der Waals surface area contributed by atoms with Crippen LogP contribution in [0, 0.1) is 12.7 Å². The van der Waals surface area contributed by atoms with Crippen molar-refractivity contribution in [2.45, 2.75) is 6.92 Å². The third kappa shape index (κ3) is 4.06. The number of methoxy groups -OCH3 is 1. The molecule has 2 rings (SSSR count). The fourth-order valence-electron chi connectivity index (χ4n) is 1.78. The number of hydrogen-bond donors (Lipinski definition) is 2. The van der Waals surface area contributed by atoms with E-state index in [1.54, 1.807) is 44.4 Å². The van der Waals surface area contributed by atoms with Crippen LogP contribution in [0.25, 0.3) is 0 Å². The van der Waals surface area contributed by atoms with E-state index in [1.807, 2.05) is 0 Å². The van der Waals surface area contributed by atoms with Gasteiger partial charge in [-0.05, 0) is 61.1 Å². The smallest absolute Gasteiger partial charge is 0.175 e. The van der Waals surface area contributed by atoms with Crippen molar-refractivity contribution in [2.75, 3.05) is 17.7 Å². The zero-order chi connectivity index (χ0) is 15.4. The van der Waals surface area contributed by atoms with Crippen molar-refractivity contribution in [3.63, 3.8) is 0 Å². The van der Waals surface area contributed by atoms with Crippen LogP contribution in [-0.2, 0) is 0 Å². The molecule has 3 nitrogen and oxygen atoms in total. The fourth-order valence-corrected chi connectivity index (χ4v) is 2.18. The Bertz CT molecular complexity index is 679. The van der Waals surface area contributed by atoms with Crippen LogP contribution in [0.4, 0.5) is 15.8 Å². The van der Waals surface area contributed by atoms with Crippen molar-refractivity contribution in [3.8, 4) is 5.75 Å². The van der Waals surface area contributed by atoms with Gasteiger partial charge in [-0.2, -0.15) is 0 Å². The summed E-state index contributed by atoms with van der Waals surface area (Å²) in [5.41, 5.74) is 1.90. The first kappa shape index (κ1) is 15.5. The number of benzene rings is 2. The maximum Gasteiger partial charge on any atom is 0.175 e. The second kappa shape index (κ2) is 6.74. The van der Waals surface area contributed by atoms with Gasteiger partial charge in [0.05, 0.1) is 12.8 Å². The Morgan fingerprint density at radius 1 is 1.19 bits per heavy atom. The highest BCUT2D eigenvalue weighted by atomic mass is 35.5. The molecule has 0 aliphatic heterocycles. The lowest BCUT2D eigenvalue weighted by atomic mass is 10.2. The first-order valence-electron chi connectivity index (χ1n) is 6.17. The first-order valence-corrected chi connectivity index (χ1v) is 6.96. The number of halogens is 2. The summed E-state index contributed by atoms with van der Waals surface area (Å²) >= 11 is 11.2. The Morgan fingerprint density at radius 2 is 1.95 bits per heavy atom. The summed E-state index contributed by atoms with van der Waals surface area (Å²) in [5.74, 6) is 0.370. The van der Waals surface area contributed by atoms with Gasteiger partial charge in [-0.15, -0.1) is 0 Å². The molecule has 6 heteroatoms. The maximum absolute atomic E-state index is 13.2. The van der Waals surface area contributed by atoms with Gasteiger partial charge in [0.25, 0.3) is 0 Å². The molecule has 21 heavy (non-hydrogen) atoms. The lowest BCUT2D eigenvalue weighted by Gasteiger charge is -2.14. The molecule has 0 spiro atoms. The van der Waals surface area contributed by atoms with Gasteiger partial charge in [-0.25, -0.2) is 4.39 Å². The number of thiocarbonyl (C=S) groups is 1. The molecule has 0 heterocycles. The zero-order valence-electron chi connectivity index (χ0n) is 11.5. The van der Waals surface area contributed by atoms with Gasteiger partial charge in [0.2, 0.25) is 0 Å². The fraction of sp³-hybridized carbons (Fsp3) is 0.133. The van der Waals surface area contributed by atoms with Crippen LogP contribution in [0.1, 0.15) is 5.56 Å². The van der Waals surface area contributed by atoms with Crippen molar-refractivity contribution in [1.82, 2.24) is 0 Å². The molecule has 0 aliphatic rings. The second-order valence-electron chi connectivity index (χ2n) is 4.39. The van der Waals surface area contributed by atoms with Crippen LogP contribution < -0.4 is 15.4 Å². The van der Waals surface area contributed by atoms with E-state index in [0.717, 1.165) is 0 Å². The first-order chi connectivity index (χ1) is 9.99. The molecule has 0 aliphatic carbocycles. The SMILES string of the molecule is COc1ccc(Cl)cc1NC(=S)Nc1ccc(F)c(C)c1. The largest absolute Gasteiger partial charge is 0.495 e. The highest BCUT2D eigenvalue weighted by molar-refractivity contribution is 7.80. The van der Waals surface area contributed by atoms with Crippen LogP contribution in [0.15, 0.2) is 36.4 Å². The summed E-state index contributed by atoms with van der Waals surface area (Å²) in [5, 5.41) is 6.92. The highest BCUT2D eigenvalue weighted by Gasteiger charge is 2.07. The van der Waals surface area contributed by atoms with E-state index in [9.17, 15) is 4.39 Å². The minimum absolute atomic E-state index is 0.254. The minimum atomic E-state index is -0.254. The maximum atomic E-state index is 13.2. The monoisotopic (exact) mass is 324 g/mol. The molecule has 2 N–H and O–H groups in total. The third-order valence-electron chi connectivity index (χ3n) is 2.83. The normalized spacial score (nSPS) is 10.1. The summed E-state index contributed by atoms with van der Waals surface area (Å²) in [7, 11) is 1.56. The van der Waals surface area contributed by atoms with E-state index in [-0.39, 0.29) is 5.82 Å². The van der Waals surface area contributed by atoms with Crippen molar-refractivity contribution < 1.29 is 9.13 Å². The van der Waals surface area contributed by atoms with Crippen molar-refractivity contribution >= 4 is 40.3 Å². The third-order valence-corrected chi connectivity index (χ3v) is 3.26. The van der Waals surface area contributed by atoms with Gasteiger partial charge >= 0.3 is 0 Å².